The molecule has 2 unspecified atom stereocenters. The van der Waals surface area contributed by atoms with E-state index in [0.717, 1.165) is 91.4 Å². The van der Waals surface area contributed by atoms with E-state index in [0.29, 0.717) is 12.8 Å². The lowest BCUT2D eigenvalue weighted by Crippen LogP contribution is -2.71. The fourth-order valence-electron chi connectivity index (χ4n) is 18.3. The molecule has 6 heterocycles. The van der Waals surface area contributed by atoms with Crippen molar-refractivity contribution >= 4 is 35.4 Å². The minimum atomic E-state index is -3.49. The van der Waals surface area contributed by atoms with Crippen LogP contribution in [0, 0.1) is 5.92 Å². The lowest BCUT2D eigenvalue weighted by atomic mass is 9.86. The van der Waals surface area contributed by atoms with Crippen LogP contribution in [0.1, 0.15) is 272 Å². The minimum Gasteiger partial charge on any atom is -0.477 e. The molecular formula is C93H163N3O39. The maximum Gasteiger partial charge on any atom is 0.364 e. The third-order valence-corrected chi connectivity index (χ3v) is 26.0. The maximum atomic E-state index is 14.1. The molecule has 6 saturated heterocycles. The van der Waals surface area contributed by atoms with Gasteiger partial charge in [0.2, 0.25) is 17.7 Å². The summed E-state index contributed by atoms with van der Waals surface area (Å²) in [5.41, 5.74) is 0. The SMILES string of the molecule is CCCCCCCC/C=C\CCCCCCCCCCCCCCCC(=O)N[C@@H](CO[C@@H]1O[C@H](CO)[C@@H](O[C@@H]2O[C@H](CO)[C@H](O[C@@H]3O[C@H](CO)[C@H](O)[C@H](O[C@@H]4O[C@H](CO)[C@H](O)[C@H](O[C@]5(C(=O)O)C[C@H](O)[C@@H](NC(C)=O)C([C@H](O)[C@H](O)CO)O5)[C@H]4O)[C@H]3CC(C)=O)[C@H](O[C@]3(C(=O)O)C[C@H](O)[C@@H](NC(C)=O)C([C@H](O)[C@H](O)CO)O3)[C@H]2O)[C@H](O)[C@H]1O)[C@H](O)/C=C/CCCCCCCCCCCCC. The molecule has 6 aliphatic heterocycles. The molecule has 0 saturated carbocycles. The Hall–Kier alpha value is -4.74. The van der Waals surface area contributed by atoms with Crippen molar-refractivity contribution < 1.29 is 193 Å². The highest BCUT2D eigenvalue weighted by atomic mass is 16.8. The van der Waals surface area contributed by atoms with Crippen molar-refractivity contribution in [2.45, 2.75) is 474 Å². The summed E-state index contributed by atoms with van der Waals surface area (Å²) in [5.74, 6) is -16.1. The smallest absolute Gasteiger partial charge is 0.364 e. The van der Waals surface area contributed by atoms with Gasteiger partial charge in [-0.05, 0) is 51.9 Å². The number of ketones is 1. The number of carboxylic acid groups (broad SMARTS) is 2. The molecule has 784 valence electrons. The Balaban J connectivity index is 1.24. The van der Waals surface area contributed by atoms with E-state index in [2.05, 4.69) is 41.9 Å². The number of unbranched alkanes of at least 4 members (excludes halogenated alkanes) is 30. The topological polar surface area (TPSA) is 674 Å². The molecule has 0 aromatic rings. The summed E-state index contributed by atoms with van der Waals surface area (Å²) >= 11 is 0. The zero-order chi connectivity index (χ0) is 99.5. The van der Waals surface area contributed by atoms with Gasteiger partial charge in [-0.3, -0.25) is 14.4 Å². The van der Waals surface area contributed by atoms with E-state index in [-0.39, 0.29) is 6.42 Å². The molecule has 0 aromatic carbocycles. The Morgan fingerprint density at radius 1 is 0.407 bits per heavy atom. The van der Waals surface area contributed by atoms with Crippen LogP contribution in [0.25, 0.3) is 0 Å². The second-order valence-corrected chi connectivity index (χ2v) is 37.1. The maximum absolute atomic E-state index is 14.1. The first kappa shape index (κ1) is 119. The molecule has 0 spiro atoms. The lowest BCUT2D eigenvalue weighted by molar-refractivity contribution is -0.408. The fraction of sp³-hybridized carbons (Fsp3) is 0.892. The summed E-state index contributed by atoms with van der Waals surface area (Å²) in [4.78, 5) is 79.9. The van der Waals surface area contributed by atoms with Crippen LogP contribution in [-0.2, 0) is 85.6 Å². The Morgan fingerprint density at radius 2 is 0.770 bits per heavy atom. The van der Waals surface area contributed by atoms with Crippen LogP contribution >= 0.6 is 0 Å². The predicted octanol–water partition coefficient (Wildman–Crippen LogP) is 0.119. The van der Waals surface area contributed by atoms with E-state index >= 15 is 0 Å². The van der Waals surface area contributed by atoms with Crippen LogP contribution in [0.5, 0.6) is 0 Å². The molecule has 42 nitrogen and oxygen atoms in total. The van der Waals surface area contributed by atoms with Gasteiger partial charge in [0.15, 0.2) is 25.2 Å². The predicted molar refractivity (Wildman–Crippen MR) is 478 cm³/mol. The molecule has 3 amide bonds. The third-order valence-electron chi connectivity index (χ3n) is 26.0. The summed E-state index contributed by atoms with van der Waals surface area (Å²) < 4.78 is 72.9. The van der Waals surface area contributed by atoms with Gasteiger partial charge in [-0.1, -0.05) is 205 Å². The van der Waals surface area contributed by atoms with Crippen molar-refractivity contribution in [3.8, 4) is 0 Å². The number of aliphatic hydroxyl groups is 19. The van der Waals surface area contributed by atoms with Gasteiger partial charge in [-0.15, -0.1) is 0 Å². The second-order valence-electron chi connectivity index (χ2n) is 37.1. The van der Waals surface area contributed by atoms with Crippen LogP contribution < -0.4 is 16.0 Å². The van der Waals surface area contributed by atoms with Gasteiger partial charge in [0.25, 0.3) is 11.6 Å². The number of aliphatic hydroxyl groups excluding tert-OH is 19. The van der Waals surface area contributed by atoms with Crippen LogP contribution in [0.2, 0.25) is 0 Å². The quantitative estimate of drug-likeness (QED) is 0.0284. The molecule has 135 heavy (non-hydrogen) atoms. The number of carbonyl (C=O) groups excluding carboxylic acids is 4. The zero-order valence-electron chi connectivity index (χ0n) is 79.1. The third kappa shape index (κ3) is 36.9. The first-order chi connectivity index (χ1) is 64.6. The van der Waals surface area contributed by atoms with Crippen LogP contribution in [0.15, 0.2) is 24.3 Å². The number of rotatable bonds is 67. The number of carboxylic acids is 2. The van der Waals surface area contributed by atoms with E-state index in [9.17, 15) is 136 Å². The van der Waals surface area contributed by atoms with Crippen LogP contribution in [0.4, 0.5) is 0 Å². The fourth-order valence-corrected chi connectivity index (χ4v) is 18.3. The first-order valence-electron chi connectivity index (χ1n) is 49.1. The van der Waals surface area contributed by atoms with E-state index in [1.54, 1.807) is 6.08 Å². The molecule has 0 bridgehead atoms. The summed E-state index contributed by atoms with van der Waals surface area (Å²) in [6, 6.07) is -4.78. The Bertz CT molecular complexity index is 3400. The summed E-state index contributed by atoms with van der Waals surface area (Å²) in [6.45, 7) is -0.600. The first-order valence-corrected chi connectivity index (χ1v) is 49.1. The Kier molecular flexibility index (Phi) is 55.2. The van der Waals surface area contributed by atoms with Gasteiger partial charge in [0, 0.05) is 45.4 Å². The van der Waals surface area contributed by atoms with Crippen LogP contribution in [-0.4, -0.2) is 390 Å². The van der Waals surface area contributed by atoms with Gasteiger partial charge in [-0.25, -0.2) is 9.59 Å². The van der Waals surface area contributed by atoms with Gasteiger partial charge >= 0.3 is 11.9 Å². The largest absolute Gasteiger partial charge is 0.477 e. The van der Waals surface area contributed by atoms with Crippen molar-refractivity contribution in [1.29, 1.82) is 0 Å². The number of allylic oxidation sites excluding steroid dienone is 3. The van der Waals surface area contributed by atoms with Crippen molar-refractivity contribution in [3.63, 3.8) is 0 Å². The number of hydrogen-bond donors (Lipinski definition) is 24. The van der Waals surface area contributed by atoms with Crippen molar-refractivity contribution in [2.75, 3.05) is 46.2 Å². The molecule has 34 atom stereocenters. The number of amides is 3. The summed E-state index contributed by atoms with van der Waals surface area (Å²) in [5, 5.41) is 246. The molecule has 6 rings (SSSR count). The Morgan fingerprint density at radius 3 is 1.19 bits per heavy atom. The number of ether oxygens (including phenoxy) is 12. The van der Waals surface area contributed by atoms with Gasteiger partial charge in [-0.2, -0.15) is 0 Å². The summed E-state index contributed by atoms with van der Waals surface area (Å²) in [6.07, 6.45) is -20.2. The number of nitrogens with one attached hydrogen (secondary N) is 3. The average molecular weight is 1950 g/mol. The zero-order valence-corrected chi connectivity index (χ0v) is 79.1. The Labute approximate surface area is 791 Å². The van der Waals surface area contributed by atoms with Crippen molar-refractivity contribution in [1.82, 2.24) is 16.0 Å². The van der Waals surface area contributed by atoms with Gasteiger partial charge < -0.3 is 185 Å². The monoisotopic (exact) mass is 1950 g/mol. The number of carbonyl (C=O) groups is 6. The molecule has 6 fully saturated rings. The summed E-state index contributed by atoms with van der Waals surface area (Å²) in [7, 11) is 0. The standard InChI is InChI=1S/C93H163N3O39/c1-6-8-10-12-14-16-18-20-21-22-23-24-25-26-27-28-29-31-33-35-37-39-41-43-68(111)96-58(59(106)42-40-38-36-34-32-30-19-17-15-13-11-9-7-2)53-124-87-76(117)75(116)80(66(51-101)127-87)130-89-78(119)85(135-93(91(122)123)46-61(108)70(95-56(5)105)83(133-93)72(113)63(110)48-98)81(67(52-102)128-89)131-86-57(44-54(3)103)79(73(114)64(49-99)125-86)129-88-77(118)84(74(115)65(50-100)126-88)134-92(90(120)121)45-60(107)69(94-55(4)104)82(132-92)71(112)62(109)47-97/h20-21,40,42,57-67,69-89,97-102,106-110,112-119H,6-19,22-39,41,43-53H2,1-5H3,(H,94,104)(H,95,105)(H,96,111)(H,120,121)(H,122,123)/b21-20-,42-40+/t57-,58+,59-,60+,61+,62-,63-,64-,65-,66-,67-,69-,70-,71-,72-,73+,74+,75-,76-,77-,78-,79-,80-,81+,82?,83?,84+,85-,86+,87-,88+,89+,92+,93+/m1/s1. The molecule has 0 radical (unpaired) electrons. The van der Waals surface area contributed by atoms with Crippen LogP contribution in [0.3, 0.4) is 0 Å². The molecule has 0 aromatic heterocycles. The van der Waals surface area contributed by atoms with Gasteiger partial charge in [0.05, 0.1) is 88.8 Å². The van der Waals surface area contributed by atoms with E-state index in [1.807, 2.05) is 0 Å². The second kappa shape index (κ2) is 62.6. The number of hydrogen-bond acceptors (Lipinski definition) is 37. The average Bonchev–Trinajstić information content (AvgIpc) is 0.748. The molecule has 0 aliphatic carbocycles. The van der Waals surface area contributed by atoms with Gasteiger partial charge in [0.1, 0.15) is 128 Å². The van der Waals surface area contributed by atoms with E-state index < -0.39 is 308 Å². The molecular weight excluding hydrogens is 1780 g/mol. The number of aliphatic carboxylic acids is 2. The van der Waals surface area contributed by atoms with Crippen molar-refractivity contribution in [2.24, 2.45) is 5.92 Å². The molecule has 42 heteroatoms. The highest BCUT2D eigenvalue weighted by Crippen LogP contribution is 2.45. The lowest BCUT2D eigenvalue weighted by Gasteiger charge is -2.53. The van der Waals surface area contributed by atoms with E-state index in [1.165, 1.54) is 134 Å². The number of Topliss-reactive ketones (excluding diaryl/α,β-unsaturated/α-hetero) is 1. The highest BCUT2D eigenvalue weighted by Gasteiger charge is 2.64. The van der Waals surface area contributed by atoms with E-state index in [4.69, 9.17) is 56.8 Å². The minimum absolute atomic E-state index is 0.0952. The molecule has 6 aliphatic rings. The van der Waals surface area contributed by atoms with Crippen molar-refractivity contribution in [3.05, 3.63) is 24.3 Å². The highest BCUT2D eigenvalue weighted by molar-refractivity contribution is 5.78. The normalized spacial score (nSPS) is 33.8. The molecule has 24 N–H and O–H groups in total.